The molecular weight excluding hydrogens is 272 g/mol. The van der Waals surface area contributed by atoms with Crippen LogP contribution >= 0.6 is 22.9 Å². The maximum atomic E-state index is 11.8. The Morgan fingerprint density at radius 1 is 1.44 bits per heavy atom. The van der Waals surface area contributed by atoms with Gasteiger partial charge in [0.1, 0.15) is 6.33 Å². The maximum absolute atomic E-state index is 11.8. The Hall–Kier alpha value is -1.92. The second-order valence-electron chi connectivity index (χ2n) is 3.53. The minimum atomic E-state index is -0.294. The number of benzene rings is 1. The summed E-state index contributed by atoms with van der Waals surface area (Å²) >= 11 is 7.27. The van der Waals surface area contributed by atoms with E-state index in [0.29, 0.717) is 10.2 Å². The van der Waals surface area contributed by atoms with Gasteiger partial charge in [-0.3, -0.25) is 9.88 Å². The number of nitrogens with zero attached hydrogens (tertiary/aromatic N) is 3. The van der Waals surface area contributed by atoms with Crippen LogP contribution in [-0.2, 0) is 0 Å². The molecule has 0 radical (unpaired) electrons. The molecule has 0 bridgehead atoms. The van der Waals surface area contributed by atoms with Gasteiger partial charge in [0.2, 0.25) is 0 Å². The van der Waals surface area contributed by atoms with E-state index in [9.17, 15) is 4.79 Å². The van der Waals surface area contributed by atoms with Crippen molar-refractivity contribution < 1.29 is 4.79 Å². The first-order valence-electron chi connectivity index (χ1n) is 5.08. The van der Waals surface area contributed by atoms with Crippen LogP contribution < -0.4 is 5.32 Å². The number of amides is 1. The number of aromatic nitrogens is 3. The standard InChI is InChI=1S/C11H7ClN4OS/c12-7-1-2-8-9(5-7)18-10(14-8)15-11(17)16-4-3-13-6-16/h1-6H,(H,14,15,17). The zero-order chi connectivity index (χ0) is 12.5. The van der Waals surface area contributed by atoms with Crippen LogP contribution in [0.2, 0.25) is 5.02 Å². The van der Waals surface area contributed by atoms with Crippen molar-refractivity contribution in [1.82, 2.24) is 14.5 Å². The minimum Gasteiger partial charge on any atom is -0.283 e. The van der Waals surface area contributed by atoms with Crippen molar-refractivity contribution in [2.75, 3.05) is 5.32 Å². The number of halogens is 1. The van der Waals surface area contributed by atoms with E-state index in [-0.39, 0.29) is 6.03 Å². The first-order chi connectivity index (χ1) is 8.72. The fourth-order valence-electron chi connectivity index (χ4n) is 1.49. The fourth-order valence-corrected chi connectivity index (χ4v) is 2.62. The van der Waals surface area contributed by atoms with Crippen LogP contribution in [0, 0.1) is 0 Å². The predicted octanol–water partition coefficient (Wildman–Crippen LogP) is 3.23. The Kier molecular flexibility index (Phi) is 2.73. The molecule has 5 nitrogen and oxygen atoms in total. The van der Waals surface area contributed by atoms with Crippen LogP contribution in [-0.4, -0.2) is 20.6 Å². The summed E-state index contributed by atoms with van der Waals surface area (Å²) in [5, 5.41) is 3.89. The number of fused-ring (bicyclic) bond motifs is 1. The van der Waals surface area contributed by atoms with Gasteiger partial charge >= 0.3 is 6.03 Å². The monoisotopic (exact) mass is 278 g/mol. The second-order valence-corrected chi connectivity index (χ2v) is 5.00. The van der Waals surface area contributed by atoms with Crippen molar-refractivity contribution in [2.45, 2.75) is 0 Å². The van der Waals surface area contributed by atoms with Crippen molar-refractivity contribution in [1.29, 1.82) is 0 Å². The number of rotatable bonds is 1. The molecule has 0 fully saturated rings. The second kappa shape index (κ2) is 4.40. The van der Waals surface area contributed by atoms with Gasteiger partial charge in [0.05, 0.1) is 10.2 Å². The summed E-state index contributed by atoms with van der Waals surface area (Å²) in [6.07, 6.45) is 4.54. The molecule has 18 heavy (non-hydrogen) atoms. The zero-order valence-corrected chi connectivity index (χ0v) is 10.6. The summed E-state index contributed by atoms with van der Waals surface area (Å²) in [6, 6.07) is 5.12. The first kappa shape index (κ1) is 11.2. The molecule has 0 aliphatic carbocycles. The van der Waals surface area contributed by atoms with E-state index in [1.807, 2.05) is 12.1 Å². The molecule has 3 aromatic rings. The normalized spacial score (nSPS) is 10.7. The lowest BCUT2D eigenvalue weighted by Gasteiger charge is -1.99. The molecule has 2 heterocycles. The summed E-state index contributed by atoms with van der Waals surface area (Å²) in [7, 11) is 0. The maximum Gasteiger partial charge on any atom is 0.333 e. The van der Waals surface area contributed by atoms with Crippen LogP contribution in [0.15, 0.2) is 36.9 Å². The number of carbonyl (C=O) groups excluding carboxylic acids is 1. The summed E-state index contributed by atoms with van der Waals surface area (Å²) in [6.45, 7) is 0. The highest BCUT2D eigenvalue weighted by Crippen LogP contribution is 2.28. The van der Waals surface area contributed by atoms with Gasteiger partial charge in [-0.1, -0.05) is 22.9 Å². The Balaban J connectivity index is 1.89. The van der Waals surface area contributed by atoms with Gasteiger partial charge in [-0.25, -0.2) is 14.8 Å². The fraction of sp³-hybridized carbons (Fsp3) is 0. The van der Waals surface area contributed by atoms with E-state index in [4.69, 9.17) is 11.6 Å². The van der Waals surface area contributed by atoms with Gasteiger partial charge < -0.3 is 0 Å². The van der Waals surface area contributed by atoms with Crippen LogP contribution in [0.5, 0.6) is 0 Å². The topological polar surface area (TPSA) is 59.8 Å². The average molecular weight is 279 g/mol. The summed E-state index contributed by atoms with van der Waals surface area (Å²) < 4.78 is 2.28. The number of nitrogens with one attached hydrogen (secondary N) is 1. The molecule has 2 aromatic heterocycles. The molecule has 0 saturated carbocycles. The van der Waals surface area contributed by atoms with Gasteiger partial charge in [-0.05, 0) is 18.2 Å². The van der Waals surface area contributed by atoms with Gasteiger partial charge in [-0.2, -0.15) is 0 Å². The van der Waals surface area contributed by atoms with Crippen LogP contribution in [0.4, 0.5) is 9.93 Å². The molecule has 0 saturated heterocycles. The number of hydrogen-bond donors (Lipinski definition) is 1. The number of anilines is 1. The number of thiazole rings is 1. The van der Waals surface area contributed by atoms with Gasteiger partial charge in [0.15, 0.2) is 5.13 Å². The van der Waals surface area contributed by atoms with Crippen molar-refractivity contribution in [3.63, 3.8) is 0 Å². The molecule has 0 atom stereocenters. The molecule has 7 heteroatoms. The summed E-state index contributed by atoms with van der Waals surface area (Å²) in [4.78, 5) is 19.9. The molecule has 0 aliphatic rings. The van der Waals surface area contributed by atoms with Gasteiger partial charge in [0.25, 0.3) is 0 Å². The summed E-state index contributed by atoms with van der Waals surface area (Å²) in [5.74, 6) is 0. The lowest BCUT2D eigenvalue weighted by atomic mass is 10.3. The molecule has 1 amide bonds. The number of hydrogen-bond acceptors (Lipinski definition) is 4. The predicted molar refractivity (Wildman–Crippen MR) is 71.3 cm³/mol. The first-order valence-corrected chi connectivity index (χ1v) is 6.27. The van der Waals surface area contributed by atoms with Crippen LogP contribution in [0.1, 0.15) is 0 Å². The van der Waals surface area contributed by atoms with E-state index < -0.39 is 0 Å². The number of carbonyl (C=O) groups is 1. The Labute approximate surface area is 111 Å². The van der Waals surface area contributed by atoms with Gasteiger partial charge in [0, 0.05) is 17.4 Å². The van der Waals surface area contributed by atoms with Crippen molar-refractivity contribution in [3.8, 4) is 0 Å². The van der Waals surface area contributed by atoms with Crippen molar-refractivity contribution in [2.24, 2.45) is 0 Å². The highest BCUT2D eigenvalue weighted by Gasteiger charge is 2.09. The van der Waals surface area contributed by atoms with Gasteiger partial charge in [-0.15, -0.1) is 0 Å². The highest BCUT2D eigenvalue weighted by atomic mass is 35.5. The third kappa shape index (κ3) is 2.07. The quantitative estimate of drug-likeness (QED) is 0.743. The molecule has 0 unspecified atom stereocenters. The molecule has 0 spiro atoms. The Morgan fingerprint density at radius 3 is 3.11 bits per heavy atom. The average Bonchev–Trinajstić information content (AvgIpc) is 2.95. The number of imidazole rings is 1. The third-order valence-corrected chi connectivity index (χ3v) is 3.47. The molecular formula is C11H7ClN4OS. The molecule has 1 N–H and O–H groups in total. The largest absolute Gasteiger partial charge is 0.333 e. The minimum absolute atomic E-state index is 0.294. The molecule has 1 aromatic carbocycles. The van der Waals surface area contributed by atoms with Crippen LogP contribution in [0.3, 0.4) is 0 Å². The zero-order valence-electron chi connectivity index (χ0n) is 9.00. The van der Waals surface area contributed by atoms with E-state index in [1.54, 1.807) is 12.3 Å². The summed E-state index contributed by atoms with van der Waals surface area (Å²) in [5.41, 5.74) is 0.810. The van der Waals surface area contributed by atoms with E-state index in [2.05, 4.69) is 15.3 Å². The molecule has 90 valence electrons. The Morgan fingerprint density at radius 2 is 2.33 bits per heavy atom. The van der Waals surface area contributed by atoms with Crippen molar-refractivity contribution in [3.05, 3.63) is 41.9 Å². The highest BCUT2D eigenvalue weighted by molar-refractivity contribution is 7.22. The lowest BCUT2D eigenvalue weighted by molar-refractivity contribution is 0.253. The molecule has 3 rings (SSSR count). The van der Waals surface area contributed by atoms with E-state index in [0.717, 1.165) is 10.2 Å². The van der Waals surface area contributed by atoms with Crippen molar-refractivity contribution >= 4 is 44.3 Å². The van der Waals surface area contributed by atoms with E-state index >= 15 is 0 Å². The SMILES string of the molecule is O=C(Nc1nc2ccc(Cl)cc2s1)n1ccnc1. The third-order valence-electron chi connectivity index (χ3n) is 2.30. The Bertz CT molecular complexity index is 707. The molecule has 0 aliphatic heterocycles. The smallest absolute Gasteiger partial charge is 0.283 e. The van der Waals surface area contributed by atoms with Crippen LogP contribution in [0.25, 0.3) is 10.2 Å². The lowest BCUT2D eigenvalue weighted by Crippen LogP contribution is -2.17. The van der Waals surface area contributed by atoms with E-state index in [1.165, 1.54) is 28.4 Å².